The highest BCUT2D eigenvalue weighted by molar-refractivity contribution is 5.49. The number of benzene rings is 1. The summed E-state index contributed by atoms with van der Waals surface area (Å²) < 4.78 is 18.5. The molecule has 0 spiro atoms. The molecule has 0 amide bonds. The fourth-order valence-corrected chi connectivity index (χ4v) is 2.68. The van der Waals surface area contributed by atoms with E-state index in [1.54, 1.807) is 7.11 Å². The lowest BCUT2D eigenvalue weighted by Crippen LogP contribution is -2.30. The third kappa shape index (κ3) is 3.15. The van der Waals surface area contributed by atoms with Gasteiger partial charge in [0, 0.05) is 23.9 Å². The molecule has 1 fully saturated rings. The number of hydrogen-bond donors (Lipinski definition) is 1. The summed E-state index contributed by atoms with van der Waals surface area (Å²) in [6, 6.07) is 5.23. The Labute approximate surface area is 109 Å². The molecule has 0 aromatic heterocycles. The van der Waals surface area contributed by atoms with E-state index in [1.807, 2.05) is 6.07 Å². The molecule has 100 valence electrons. The first kappa shape index (κ1) is 13.2. The summed E-state index contributed by atoms with van der Waals surface area (Å²) >= 11 is 0. The zero-order chi connectivity index (χ0) is 13.1. The van der Waals surface area contributed by atoms with Crippen LogP contribution >= 0.6 is 0 Å². The molecule has 1 N–H and O–H groups in total. The van der Waals surface area contributed by atoms with Gasteiger partial charge >= 0.3 is 0 Å². The summed E-state index contributed by atoms with van der Waals surface area (Å²) in [5, 5.41) is 3.43. The number of methoxy groups -OCH3 is 1. The number of hydrogen-bond acceptors (Lipinski definition) is 2. The summed E-state index contributed by atoms with van der Waals surface area (Å²) in [7, 11) is 1.56. The predicted octanol–water partition coefficient (Wildman–Crippen LogP) is 4.07. The standard InChI is InChI=1S/C15H22FNO/c1-10-4-5-13(6-11(10)2)17-14-7-12(16)8-15(9-14)18-3/h7-11,13,17H,4-6H2,1-3H3. The monoisotopic (exact) mass is 251 g/mol. The first-order valence-electron chi connectivity index (χ1n) is 6.69. The van der Waals surface area contributed by atoms with Gasteiger partial charge in [-0.1, -0.05) is 13.8 Å². The van der Waals surface area contributed by atoms with Crippen molar-refractivity contribution in [2.45, 2.75) is 39.2 Å². The average molecular weight is 251 g/mol. The number of anilines is 1. The Balaban J connectivity index is 2.03. The van der Waals surface area contributed by atoms with Crippen LogP contribution in [-0.4, -0.2) is 13.2 Å². The van der Waals surface area contributed by atoms with Crippen molar-refractivity contribution < 1.29 is 9.13 Å². The van der Waals surface area contributed by atoms with Gasteiger partial charge < -0.3 is 10.1 Å². The number of ether oxygens (including phenoxy) is 1. The van der Waals surface area contributed by atoms with Crippen LogP contribution in [0.2, 0.25) is 0 Å². The van der Waals surface area contributed by atoms with Gasteiger partial charge in [-0.25, -0.2) is 4.39 Å². The molecule has 1 saturated carbocycles. The molecule has 3 atom stereocenters. The second-order valence-electron chi connectivity index (χ2n) is 5.49. The van der Waals surface area contributed by atoms with Crippen molar-refractivity contribution in [3.63, 3.8) is 0 Å². The number of halogens is 1. The lowest BCUT2D eigenvalue weighted by atomic mass is 9.79. The smallest absolute Gasteiger partial charge is 0.128 e. The molecule has 1 aromatic rings. The topological polar surface area (TPSA) is 21.3 Å². The van der Waals surface area contributed by atoms with E-state index < -0.39 is 0 Å². The fourth-order valence-electron chi connectivity index (χ4n) is 2.68. The maximum absolute atomic E-state index is 13.4. The minimum Gasteiger partial charge on any atom is -0.497 e. The first-order valence-corrected chi connectivity index (χ1v) is 6.69. The van der Waals surface area contributed by atoms with Crippen molar-refractivity contribution in [2.24, 2.45) is 11.8 Å². The lowest BCUT2D eigenvalue weighted by molar-refractivity contribution is 0.261. The Morgan fingerprint density at radius 3 is 2.61 bits per heavy atom. The van der Waals surface area contributed by atoms with Crippen molar-refractivity contribution in [3.05, 3.63) is 24.0 Å². The molecule has 18 heavy (non-hydrogen) atoms. The number of rotatable bonds is 3. The van der Waals surface area contributed by atoms with E-state index in [4.69, 9.17) is 4.74 Å². The van der Waals surface area contributed by atoms with Crippen molar-refractivity contribution in [2.75, 3.05) is 12.4 Å². The van der Waals surface area contributed by atoms with Gasteiger partial charge in [0.2, 0.25) is 0 Å². The highest BCUT2D eigenvalue weighted by atomic mass is 19.1. The minimum absolute atomic E-state index is 0.255. The summed E-state index contributed by atoms with van der Waals surface area (Å²) in [5.74, 6) is 1.83. The third-order valence-corrected chi connectivity index (χ3v) is 4.08. The van der Waals surface area contributed by atoms with Gasteiger partial charge in [-0.3, -0.25) is 0 Å². The van der Waals surface area contributed by atoms with Gasteiger partial charge in [-0.05, 0) is 37.2 Å². The van der Waals surface area contributed by atoms with Crippen LogP contribution in [0.4, 0.5) is 10.1 Å². The molecule has 0 heterocycles. The van der Waals surface area contributed by atoms with E-state index in [2.05, 4.69) is 19.2 Å². The maximum Gasteiger partial charge on any atom is 0.128 e. The van der Waals surface area contributed by atoms with Crippen LogP contribution in [0.5, 0.6) is 5.75 Å². The molecular formula is C15H22FNO. The maximum atomic E-state index is 13.4. The summed E-state index contributed by atoms with van der Waals surface area (Å²) in [4.78, 5) is 0. The lowest BCUT2D eigenvalue weighted by Gasteiger charge is -2.33. The van der Waals surface area contributed by atoms with Crippen LogP contribution in [0.3, 0.4) is 0 Å². The van der Waals surface area contributed by atoms with Gasteiger partial charge in [0.05, 0.1) is 7.11 Å². The summed E-state index contributed by atoms with van der Waals surface area (Å²) in [6.45, 7) is 4.61. The molecule has 3 unspecified atom stereocenters. The van der Waals surface area contributed by atoms with Crippen LogP contribution in [0, 0.1) is 17.7 Å². The molecule has 0 saturated heterocycles. The molecule has 1 aromatic carbocycles. The van der Waals surface area contributed by atoms with Crippen molar-refractivity contribution >= 4 is 5.69 Å². The molecule has 3 heteroatoms. The Morgan fingerprint density at radius 2 is 1.94 bits per heavy atom. The van der Waals surface area contributed by atoms with E-state index in [0.29, 0.717) is 11.8 Å². The Morgan fingerprint density at radius 1 is 1.17 bits per heavy atom. The van der Waals surface area contributed by atoms with Crippen LogP contribution < -0.4 is 10.1 Å². The van der Waals surface area contributed by atoms with E-state index in [9.17, 15) is 4.39 Å². The minimum atomic E-state index is -0.255. The van der Waals surface area contributed by atoms with Crippen LogP contribution in [0.15, 0.2) is 18.2 Å². The molecular weight excluding hydrogens is 229 g/mol. The largest absolute Gasteiger partial charge is 0.497 e. The number of nitrogens with one attached hydrogen (secondary N) is 1. The van der Waals surface area contributed by atoms with Crippen LogP contribution in [0.1, 0.15) is 33.1 Å². The van der Waals surface area contributed by atoms with E-state index in [1.165, 1.54) is 18.6 Å². The fraction of sp³-hybridized carbons (Fsp3) is 0.600. The predicted molar refractivity (Wildman–Crippen MR) is 72.5 cm³/mol. The van der Waals surface area contributed by atoms with Gasteiger partial charge in [-0.15, -0.1) is 0 Å². The van der Waals surface area contributed by atoms with E-state index >= 15 is 0 Å². The van der Waals surface area contributed by atoms with Crippen molar-refractivity contribution in [1.82, 2.24) is 0 Å². The first-order chi connectivity index (χ1) is 8.58. The van der Waals surface area contributed by atoms with Gasteiger partial charge in [-0.2, -0.15) is 0 Å². The zero-order valence-electron chi connectivity index (χ0n) is 11.4. The van der Waals surface area contributed by atoms with E-state index in [-0.39, 0.29) is 5.82 Å². The highest BCUT2D eigenvalue weighted by Gasteiger charge is 2.24. The molecule has 1 aliphatic carbocycles. The van der Waals surface area contributed by atoms with Crippen LogP contribution in [-0.2, 0) is 0 Å². The molecule has 0 aliphatic heterocycles. The summed E-state index contributed by atoms with van der Waals surface area (Å²) in [6.07, 6.45) is 3.55. The summed E-state index contributed by atoms with van der Waals surface area (Å²) in [5.41, 5.74) is 0.818. The van der Waals surface area contributed by atoms with Gasteiger partial charge in [0.1, 0.15) is 11.6 Å². The Kier molecular flexibility index (Phi) is 4.10. The molecule has 0 bridgehead atoms. The van der Waals surface area contributed by atoms with Crippen molar-refractivity contribution in [1.29, 1.82) is 0 Å². The van der Waals surface area contributed by atoms with Crippen LogP contribution in [0.25, 0.3) is 0 Å². The second-order valence-corrected chi connectivity index (χ2v) is 5.49. The SMILES string of the molecule is COc1cc(F)cc(NC2CCC(C)C(C)C2)c1. The zero-order valence-corrected chi connectivity index (χ0v) is 11.4. The highest BCUT2D eigenvalue weighted by Crippen LogP contribution is 2.31. The third-order valence-electron chi connectivity index (χ3n) is 4.08. The van der Waals surface area contributed by atoms with Gasteiger partial charge in [0.25, 0.3) is 0 Å². The Hall–Kier alpha value is -1.25. The molecule has 1 aliphatic rings. The molecule has 0 radical (unpaired) electrons. The quantitative estimate of drug-likeness (QED) is 0.874. The van der Waals surface area contributed by atoms with E-state index in [0.717, 1.165) is 30.4 Å². The molecule has 2 nitrogen and oxygen atoms in total. The average Bonchev–Trinajstić information content (AvgIpc) is 2.33. The normalized spacial score (nSPS) is 27.9. The van der Waals surface area contributed by atoms with Gasteiger partial charge in [0.15, 0.2) is 0 Å². The van der Waals surface area contributed by atoms with Crippen molar-refractivity contribution in [3.8, 4) is 5.75 Å². The second kappa shape index (κ2) is 5.59. The Bertz CT molecular complexity index is 407. The molecule has 2 rings (SSSR count).